The topological polar surface area (TPSA) is 130 Å². The zero-order valence-electron chi connectivity index (χ0n) is 11.0. The van der Waals surface area contributed by atoms with Gasteiger partial charge in [0.1, 0.15) is 18.0 Å². The molecule has 0 saturated carbocycles. The number of carbonyl (C=O) groups is 2. The van der Waals surface area contributed by atoms with Gasteiger partial charge in [-0.25, -0.2) is 4.98 Å². The highest BCUT2D eigenvalue weighted by Gasteiger charge is 2.17. The summed E-state index contributed by atoms with van der Waals surface area (Å²) in [5, 5.41) is 1.55. The molecule has 3 aromatic rings. The van der Waals surface area contributed by atoms with Crippen LogP contribution < -0.4 is 17.2 Å². The van der Waals surface area contributed by atoms with Crippen LogP contribution in [0, 0.1) is 0 Å². The molecule has 21 heavy (non-hydrogen) atoms. The standard InChI is InChI=1S/C14H13N5O2/c15-11(20)6-19-10-4-2-1-3-7(10)8-5-9(13(17)21)12(16)18-14(8)19/h1-5H,6H2,(H2,15,20)(H2,16,18)(H2,17,21). The van der Waals surface area contributed by atoms with Crippen molar-refractivity contribution in [3.8, 4) is 0 Å². The number of carbonyl (C=O) groups excluding carboxylic acids is 2. The van der Waals surface area contributed by atoms with Crippen molar-refractivity contribution in [2.75, 3.05) is 5.73 Å². The van der Waals surface area contributed by atoms with Crippen LogP contribution in [0.3, 0.4) is 0 Å². The molecule has 0 unspecified atom stereocenters. The Hall–Kier alpha value is -3.09. The molecule has 0 aliphatic carbocycles. The van der Waals surface area contributed by atoms with E-state index in [1.54, 1.807) is 10.6 Å². The Kier molecular flexibility index (Phi) is 2.76. The lowest BCUT2D eigenvalue weighted by molar-refractivity contribution is -0.118. The molecule has 0 bridgehead atoms. The Balaban J connectivity index is 2.45. The maximum absolute atomic E-state index is 11.4. The van der Waals surface area contributed by atoms with Crippen LogP contribution in [0.15, 0.2) is 30.3 Å². The number of amides is 2. The van der Waals surface area contributed by atoms with Crippen molar-refractivity contribution in [3.63, 3.8) is 0 Å². The van der Waals surface area contributed by atoms with Crippen molar-refractivity contribution in [2.24, 2.45) is 11.5 Å². The predicted octanol–water partition coefficient (Wildman–Crippen LogP) is 0.356. The zero-order chi connectivity index (χ0) is 15.1. The fourth-order valence-corrected chi connectivity index (χ4v) is 2.49. The van der Waals surface area contributed by atoms with Crippen LogP contribution in [-0.2, 0) is 11.3 Å². The first-order chi connectivity index (χ1) is 9.99. The van der Waals surface area contributed by atoms with E-state index in [1.165, 1.54) is 0 Å². The number of nitrogens with two attached hydrogens (primary N) is 3. The Morgan fingerprint density at radius 3 is 2.52 bits per heavy atom. The highest BCUT2D eigenvalue weighted by Crippen LogP contribution is 2.29. The number of pyridine rings is 1. The number of benzene rings is 1. The Bertz CT molecular complexity index is 897. The van der Waals surface area contributed by atoms with Crippen LogP contribution in [0.1, 0.15) is 10.4 Å². The third-order valence-electron chi connectivity index (χ3n) is 3.35. The van der Waals surface area contributed by atoms with E-state index in [4.69, 9.17) is 17.2 Å². The van der Waals surface area contributed by atoms with Gasteiger partial charge in [-0.05, 0) is 12.1 Å². The maximum Gasteiger partial charge on any atom is 0.252 e. The second-order valence-electron chi connectivity index (χ2n) is 4.73. The van der Waals surface area contributed by atoms with E-state index in [9.17, 15) is 9.59 Å². The molecule has 106 valence electrons. The lowest BCUT2D eigenvalue weighted by atomic mass is 10.1. The van der Waals surface area contributed by atoms with E-state index in [1.807, 2.05) is 24.3 Å². The molecular formula is C14H13N5O2. The monoisotopic (exact) mass is 283 g/mol. The highest BCUT2D eigenvalue weighted by molar-refractivity contribution is 6.11. The molecule has 0 saturated heterocycles. The molecule has 2 amide bonds. The molecule has 0 spiro atoms. The van der Waals surface area contributed by atoms with Crippen LogP contribution in [0.25, 0.3) is 21.9 Å². The lowest BCUT2D eigenvalue weighted by Gasteiger charge is -2.05. The molecule has 2 heterocycles. The summed E-state index contributed by atoms with van der Waals surface area (Å²) in [5.41, 5.74) is 17.8. The minimum atomic E-state index is -0.645. The molecule has 2 aromatic heterocycles. The van der Waals surface area contributed by atoms with Crippen LogP contribution in [0.5, 0.6) is 0 Å². The van der Waals surface area contributed by atoms with Crippen molar-refractivity contribution in [2.45, 2.75) is 6.54 Å². The number of rotatable bonds is 3. The number of aromatic nitrogens is 2. The molecule has 0 aliphatic heterocycles. The Labute approximate surface area is 119 Å². The summed E-state index contributed by atoms with van der Waals surface area (Å²) in [4.78, 5) is 26.9. The average Bonchev–Trinajstić information content (AvgIpc) is 2.71. The second-order valence-corrected chi connectivity index (χ2v) is 4.73. The summed E-state index contributed by atoms with van der Waals surface area (Å²) in [6.45, 7) is -0.0215. The smallest absolute Gasteiger partial charge is 0.252 e. The molecule has 0 atom stereocenters. The van der Waals surface area contributed by atoms with Crippen LogP contribution >= 0.6 is 0 Å². The predicted molar refractivity (Wildman–Crippen MR) is 79.4 cm³/mol. The van der Waals surface area contributed by atoms with Gasteiger partial charge in [-0.2, -0.15) is 0 Å². The molecule has 3 rings (SSSR count). The van der Waals surface area contributed by atoms with Gasteiger partial charge >= 0.3 is 0 Å². The summed E-state index contributed by atoms with van der Waals surface area (Å²) in [6.07, 6.45) is 0. The number of anilines is 1. The first-order valence-electron chi connectivity index (χ1n) is 6.24. The Morgan fingerprint density at radius 2 is 1.86 bits per heavy atom. The minimum absolute atomic E-state index is 0.0215. The van der Waals surface area contributed by atoms with Crippen LogP contribution in [0.2, 0.25) is 0 Å². The van der Waals surface area contributed by atoms with E-state index in [0.29, 0.717) is 11.0 Å². The van der Waals surface area contributed by atoms with Crippen LogP contribution in [-0.4, -0.2) is 21.4 Å². The molecule has 0 aliphatic rings. The number of nitrogens with zero attached hydrogens (tertiary/aromatic N) is 2. The van der Waals surface area contributed by atoms with Crippen molar-refractivity contribution < 1.29 is 9.59 Å². The quantitative estimate of drug-likeness (QED) is 0.640. The molecule has 0 fully saturated rings. The largest absolute Gasteiger partial charge is 0.383 e. The SMILES string of the molecule is NC(=O)Cn1c2ccccc2c2cc(C(N)=O)c(N)nc21. The van der Waals surface area contributed by atoms with Gasteiger partial charge in [-0.1, -0.05) is 18.2 Å². The second kappa shape index (κ2) is 4.48. The zero-order valence-corrected chi connectivity index (χ0v) is 11.0. The number of nitrogen functional groups attached to an aromatic ring is 1. The van der Waals surface area contributed by atoms with Gasteiger partial charge in [0.05, 0.1) is 11.1 Å². The van der Waals surface area contributed by atoms with Gasteiger partial charge in [0.15, 0.2) is 0 Å². The van der Waals surface area contributed by atoms with Crippen molar-refractivity contribution >= 4 is 39.6 Å². The van der Waals surface area contributed by atoms with Gasteiger partial charge in [-0.3, -0.25) is 9.59 Å². The van der Waals surface area contributed by atoms with Gasteiger partial charge in [0.2, 0.25) is 5.91 Å². The summed E-state index contributed by atoms with van der Waals surface area (Å²) >= 11 is 0. The number of hydrogen-bond donors (Lipinski definition) is 3. The van der Waals surface area contributed by atoms with Gasteiger partial charge in [-0.15, -0.1) is 0 Å². The molecule has 6 N–H and O–H groups in total. The molecule has 1 aromatic carbocycles. The third-order valence-corrected chi connectivity index (χ3v) is 3.35. The van der Waals surface area contributed by atoms with Crippen LogP contribution in [0.4, 0.5) is 5.82 Å². The summed E-state index contributed by atoms with van der Waals surface area (Å²) in [5.74, 6) is -1.10. The molecular weight excluding hydrogens is 270 g/mol. The van der Waals surface area contributed by atoms with E-state index >= 15 is 0 Å². The molecule has 0 radical (unpaired) electrons. The minimum Gasteiger partial charge on any atom is -0.383 e. The van der Waals surface area contributed by atoms with Gasteiger partial charge in [0.25, 0.3) is 5.91 Å². The van der Waals surface area contributed by atoms with Gasteiger partial charge < -0.3 is 21.8 Å². The van der Waals surface area contributed by atoms with Crippen molar-refractivity contribution in [3.05, 3.63) is 35.9 Å². The van der Waals surface area contributed by atoms with E-state index < -0.39 is 11.8 Å². The fraction of sp³-hybridized carbons (Fsp3) is 0.0714. The summed E-state index contributed by atoms with van der Waals surface area (Å²) in [7, 11) is 0. The van der Waals surface area contributed by atoms with E-state index in [-0.39, 0.29) is 17.9 Å². The first kappa shape index (κ1) is 12.9. The lowest BCUT2D eigenvalue weighted by Crippen LogP contribution is -2.19. The number of para-hydroxylation sites is 1. The number of primary amides is 2. The first-order valence-corrected chi connectivity index (χ1v) is 6.24. The molecule has 7 heteroatoms. The summed E-state index contributed by atoms with van der Waals surface area (Å²) in [6, 6.07) is 9.02. The fourth-order valence-electron chi connectivity index (χ4n) is 2.49. The average molecular weight is 283 g/mol. The third kappa shape index (κ3) is 1.95. The van der Waals surface area contributed by atoms with Crippen molar-refractivity contribution in [1.29, 1.82) is 0 Å². The van der Waals surface area contributed by atoms with Crippen molar-refractivity contribution in [1.82, 2.24) is 9.55 Å². The van der Waals surface area contributed by atoms with E-state index in [0.717, 1.165) is 10.9 Å². The Morgan fingerprint density at radius 1 is 1.14 bits per heavy atom. The maximum atomic E-state index is 11.4. The molecule has 7 nitrogen and oxygen atoms in total. The summed E-state index contributed by atoms with van der Waals surface area (Å²) < 4.78 is 1.67. The number of hydrogen-bond acceptors (Lipinski definition) is 4. The van der Waals surface area contributed by atoms with Gasteiger partial charge in [0, 0.05) is 10.8 Å². The van der Waals surface area contributed by atoms with E-state index in [2.05, 4.69) is 4.98 Å². The number of fused-ring (bicyclic) bond motifs is 3. The normalized spacial score (nSPS) is 11.0. The highest BCUT2D eigenvalue weighted by atomic mass is 16.1.